The highest BCUT2D eigenvalue weighted by molar-refractivity contribution is 6.33. The van der Waals surface area contributed by atoms with Crippen molar-refractivity contribution in [3.8, 4) is 0 Å². The van der Waals surface area contributed by atoms with Gasteiger partial charge in [0.2, 0.25) is 5.91 Å². The maximum Gasteiger partial charge on any atom is 0.238 e. The van der Waals surface area contributed by atoms with E-state index >= 15 is 0 Å². The number of carbonyl (C=O) groups excluding carboxylic acids is 1. The maximum atomic E-state index is 11.7. The summed E-state index contributed by atoms with van der Waals surface area (Å²) >= 11 is 6.15. The van der Waals surface area contributed by atoms with E-state index in [1.807, 2.05) is 31.1 Å². The van der Waals surface area contributed by atoms with Gasteiger partial charge in [0.15, 0.2) is 0 Å². The van der Waals surface area contributed by atoms with Gasteiger partial charge >= 0.3 is 0 Å². The minimum absolute atomic E-state index is 0.0611. The van der Waals surface area contributed by atoms with Crippen LogP contribution in [0, 0.1) is 0 Å². The van der Waals surface area contributed by atoms with Crippen molar-refractivity contribution in [3.63, 3.8) is 0 Å². The van der Waals surface area contributed by atoms with Gasteiger partial charge in [0.1, 0.15) is 0 Å². The van der Waals surface area contributed by atoms with Crippen molar-refractivity contribution in [2.45, 2.75) is 26.3 Å². The molecule has 0 saturated carbocycles. The van der Waals surface area contributed by atoms with Crippen LogP contribution in [0.4, 0.5) is 11.4 Å². The second-order valence-electron chi connectivity index (χ2n) is 4.80. The van der Waals surface area contributed by atoms with Crippen molar-refractivity contribution in [3.05, 3.63) is 23.2 Å². The third kappa shape index (κ3) is 5.09. The molecule has 106 valence electrons. The van der Waals surface area contributed by atoms with Gasteiger partial charge in [0.05, 0.1) is 17.3 Å². The van der Waals surface area contributed by atoms with E-state index in [0.717, 1.165) is 12.1 Å². The maximum absolute atomic E-state index is 11.7. The largest absolute Gasteiger partial charge is 0.376 e. The molecule has 0 bridgehead atoms. The molecule has 1 rings (SSSR count). The molecule has 0 aliphatic carbocycles. The predicted octanol–water partition coefficient (Wildman–Crippen LogP) is 2.73. The lowest BCUT2D eigenvalue weighted by Crippen LogP contribution is -2.33. The number of halogens is 1. The monoisotopic (exact) mass is 283 g/mol. The van der Waals surface area contributed by atoms with Crippen LogP contribution >= 0.6 is 11.6 Å². The van der Waals surface area contributed by atoms with Gasteiger partial charge in [0, 0.05) is 25.8 Å². The van der Waals surface area contributed by atoms with Crippen LogP contribution in [0.5, 0.6) is 0 Å². The summed E-state index contributed by atoms with van der Waals surface area (Å²) in [6, 6.07) is 5.84. The minimum Gasteiger partial charge on any atom is -0.376 e. The smallest absolute Gasteiger partial charge is 0.238 e. The van der Waals surface area contributed by atoms with Gasteiger partial charge in [-0.25, -0.2) is 0 Å². The van der Waals surface area contributed by atoms with Crippen LogP contribution in [0.15, 0.2) is 18.2 Å². The molecule has 5 heteroatoms. The SMILES string of the molecule is CCC(C)NCC(=O)Nc1ccc(N(C)C)c(Cl)c1. The highest BCUT2D eigenvalue weighted by atomic mass is 35.5. The van der Waals surface area contributed by atoms with Crippen LogP contribution in [-0.4, -0.2) is 32.6 Å². The Balaban J connectivity index is 2.58. The van der Waals surface area contributed by atoms with Crippen molar-refractivity contribution in [1.29, 1.82) is 0 Å². The molecule has 4 nitrogen and oxygen atoms in total. The number of amides is 1. The standard InChI is InChI=1S/C14H22ClN3O/c1-5-10(2)16-9-14(19)17-11-6-7-13(18(3)4)12(15)8-11/h6-8,10,16H,5,9H2,1-4H3,(H,17,19). The summed E-state index contributed by atoms with van der Waals surface area (Å²) in [4.78, 5) is 13.7. The van der Waals surface area contributed by atoms with Crippen LogP contribution in [0.1, 0.15) is 20.3 Å². The van der Waals surface area contributed by atoms with E-state index in [0.29, 0.717) is 23.3 Å². The van der Waals surface area contributed by atoms with Gasteiger partial charge in [0.25, 0.3) is 0 Å². The van der Waals surface area contributed by atoms with Crippen molar-refractivity contribution in [1.82, 2.24) is 5.32 Å². The van der Waals surface area contributed by atoms with Gasteiger partial charge in [-0.05, 0) is 31.5 Å². The third-order valence-corrected chi connectivity index (χ3v) is 3.24. The fourth-order valence-corrected chi connectivity index (χ4v) is 1.91. The molecule has 1 unspecified atom stereocenters. The first-order chi connectivity index (χ1) is 8.93. The topological polar surface area (TPSA) is 44.4 Å². The number of hydrogen-bond donors (Lipinski definition) is 2. The number of nitrogens with zero attached hydrogens (tertiary/aromatic N) is 1. The van der Waals surface area contributed by atoms with E-state index in [9.17, 15) is 4.79 Å². The molecule has 0 saturated heterocycles. The van der Waals surface area contributed by atoms with Gasteiger partial charge in [-0.2, -0.15) is 0 Å². The van der Waals surface area contributed by atoms with Crippen LogP contribution in [0.2, 0.25) is 5.02 Å². The quantitative estimate of drug-likeness (QED) is 0.844. The van der Waals surface area contributed by atoms with E-state index in [2.05, 4.69) is 24.5 Å². The molecule has 19 heavy (non-hydrogen) atoms. The van der Waals surface area contributed by atoms with E-state index < -0.39 is 0 Å². The summed E-state index contributed by atoms with van der Waals surface area (Å²) < 4.78 is 0. The summed E-state index contributed by atoms with van der Waals surface area (Å²) in [6.45, 7) is 4.44. The van der Waals surface area contributed by atoms with Crippen LogP contribution in [0.25, 0.3) is 0 Å². The van der Waals surface area contributed by atoms with Crippen LogP contribution in [0.3, 0.4) is 0 Å². The fourth-order valence-electron chi connectivity index (χ4n) is 1.56. The zero-order chi connectivity index (χ0) is 14.4. The van der Waals surface area contributed by atoms with Gasteiger partial charge in [-0.3, -0.25) is 4.79 Å². The lowest BCUT2D eigenvalue weighted by Gasteiger charge is -2.16. The van der Waals surface area contributed by atoms with Crippen molar-refractivity contribution in [2.24, 2.45) is 0 Å². The Hall–Kier alpha value is -1.26. The molecule has 1 aromatic carbocycles. The molecule has 2 N–H and O–H groups in total. The minimum atomic E-state index is -0.0611. The van der Waals surface area contributed by atoms with Crippen LogP contribution < -0.4 is 15.5 Å². The molecular weight excluding hydrogens is 262 g/mol. The van der Waals surface area contributed by atoms with Crippen molar-refractivity contribution in [2.75, 3.05) is 30.9 Å². The lowest BCUT2D eigenvalue weighted by molar-refractivity contribution is -0.115. The molecule has 0 heterocycles. The molecule has 1 aromatic rings. The molecule has 0 aliphatic rings. The molecule has 1 atom stereocenters. The summed E-state index contributed by atoms with van der Waals surface area (Å²) in [5, 5.41) is 6.59. The Kier molecular flexibility index (Phi) is 6.12. The molecule has 0 radical (unpaired) electrons. The van der Waals surface area contributed by atoms with E-state index in [4.69, 9.17) is 11.6 Å². The molecular formula is C14H22ClN3O. The molecule has 0 aliphatic heterocycles. The Labute approximate surface area is 120 Å². The number of benzene rings is 1. The zero-order valence-electron chi connectivity index (χ0n) is 12.0. The van der Waals surface area contributed by atoms with Gasteiger partial charge in [-0.15, -0.1) is 0 Å². The Bertz CT molecular complexity index is 435. The Morgan fingerprint density at radius 3 is 2.63 bits per heavy atom. The summed E-state index contributed by atoms with van der Waals surface area (Å²) in [6.07, 6.45) is 0.997. The molecule has 1 amide bonds. The first-order valence-corrected chi connectivity index (χ1v) is 6.82. The van der Waals surface area contributed by atoms with Crippen molar-refractivity contribution < 1.29 is 4.79 Å². The summed E-state index contributed by atoms with van der Waals surface area (Å²) in [5.41, 5.74) is 1.64. The van der Waals surface area contributed by atoms with E-state index in [1.54, 1.807) is 6.07 Å². The predicted molar refractivity (Wildman–Crippen MR) is 82.2 cm³/mol. The summed E-state index contributed by atoms with van der Waals surface area (Å²) in [7, 11) is 3.85. The van der Waals surface area contributed by atoms with Gasteiger partial charge in [-0.1, -0.05) is 18.5 Å². The second kappa shape index (κ2) is 7.36. The number of nitrogens with one attached hydrogen (secondary N) is 2. The third-order valence-electron chi connectivity index (χ3n) is 2.94. The highest BCUT2D eigenvalue weighted by Crippen LogP contribution is 2.27. The zero-order valence-corrected chi connectivity index (χ0v) is 12.7. The molecule has 0 spiro atoms. The number of anilines is 2. The number of rotatable bonds is 6. The van der Waals surface area contributed by atoms with E-state index in [-0.39, 0.29) is 5.91 Å². The van der Waals surface area contributed by atoms with Crippen molar-refractivity contribution >= 4 is 28.9 Å². The number of hydrogen-bond acceptors (Lipinski definition) is 3. The highest BCUT2D eigenvalue weighted by Gasteiger charge is 2.07. The Morgan fingerprint density at radius 1 is 1.42 bits per heavy atom. The van der Waals surface area contributed by atoms with E-state index in [1.165, 1.54) is 0 Å². The Morgan fingerprint density at radius 2 is 2.11 bits per heavy atom. The second-order valence-corrected chi connectivity index (χ2v) is 5.21. The normalized spacial score (nSPS) is 12.1. The average Bonchev–Trinajstić information content (AvgIpc) is 2.35. The fraction of sp³-hybridized carbons (Fsp3) is 0.500. The lowest BCUT2D eigenvalue weighted by atomic mass is 10.2. The first kappa shape index (κ1) is 15.8. The molecule has 0 aromatic heterocycles. The summed E-state index contributed by atoms with van der Waals surface area (Å²) in [5.74, 6) is -0.0611. The average molecular weight is 284 g/mol. The van der Waals surface area contributed by atoms with Gasteiger partial charge < -0.3 is 15.5 Å². The number of carbonyl (C=O) groups is 1. The van der Waals surface area contributed by atoms with Crippen LogP contribution in [-0.2, 0) is 4.79 Å². The first-order valence-electron chi connectivity index (χ1n) is 6.44. The molecule has 0 fully saturated rings.